The van der Waals surface area contributed by atoms with E-state index in [-0.39, 0.29) is 12.2 Å². The summed E-state index contributed by atoms with van der Waals surface area (Å²) in [6, 6.07) is 6.35. The smallest absolute Gasteiger partial charge is 0.298 e. The number of aliphatic hydroxyl groups is 1. The first kappa shape index (κ1) is 27.4. The first-order valence-corrected chi connectivity index (χ1v) is 11.3. The minimum atomic E-state index is -3.70. The average molecular weight is 510 g/mol. The van der Waals surface area contributed by atoms with E-state index < -0.39 is 30.0 Å². The normalized spacial score (nSPS) is 12.6. The number of aromatic nitrogens is 2. The predicted molar refractivity (Wildman–Crippen MR) is 128 cm³/mol. The second-order valence-corrected chi connectivity index (χ2v) is 8.03. The van der Waals surface area contributed by atoms with Crippen LogP contribution in [0.4, 0.5) is 19.0 Å². The third kappa shape index (κ3) is 6.34. The van der Waals surface area contributed by atoms with Crippen molar-refractivity contribution in [2.45, 2.75) is 25.8 Å². The Hall–Kier alpha value is -3.15. The second-order valence-electron chi connectivity index (χ2n) is 8.03. The highest BCUT2D eigenvalue weighted by Crippen LogP contribution is 2.37. The predicted octanol–water partition coefficient (Wildman–Crippen LogP) is 4.38. The number of hydrogen-bond donors (Lipinski definition) is 2. The summed E-state index contributed by atoms with van der Waals surface area (Å²) in [6.07, 6.45) is 0. The zero-order valence-electron chi connectivity index (χ0n) is 20.6. The summed E-state index contributed by atoms with van der Waals surface area (Å²) in [4.78, 5) is 8.89. The van der Waals surface area contributed by atoms with Crippen molar-refractivity contribution in [3.8, 4) is 11.5 Å². The molecule has 1 atom stereocenters. The van der Waals surface area contributed by atoms with E-state index in [0.717, 1.165) is 6.07 Å². The minimum absolute atomic E-state index is 0.00299. The van der Waals surface area contributed by atoms with Gasteiger partial charge < -0.3 is 29.4 Å². The summed E-state index contributed by atoms with van der Waals surface area (Å²) in [5, 5.41) is 12.7. The van der Waals surface area contributed by atoms with Crippen LogP contribution in [0.25, 0.3) is 10.9 Å². The molecular weight excluding hydrogens is 479 g/mol. The Kier molecular flexibility index (Phi) is 9.30. The molecule has 0 aliphatic heterocycles. The number of methoxy groups -OCH3 is 2. The van der Waals surface area contributed by atoms with Gasteiger partial charge in [-0.2, -0.15) is 8.78 Å². The number of fused-ring (bicyclic) bond motifs is 1. The summed E-state index contributed by atoms with van der Waals surface area (Å²) in [5.41, 5.74) is -0.310. The molecule has 196 valence electrons. The van der Waals surface area contributed by atoms with Crippen molar-refractivity contribution >= 4 is 16.7 Å². The largest absolute Gasteiger partial charge is 0.493 e. The molecule has 0 bridgehead atoms. The van der Waals surface area contributed by atoms with E-state index >= 15 is 0 Å². The molecule has 1 heterocycles. The maximum Gasteiger partial charge on any atom is 0.298 e. The molecule has 0 spiro atoms. The average Bonchev–Trinajstić information content (AvgIpc) is 2.85. The maximum absolute atomic E-state index is 15.0. The van der Waals surface area contributed by atoms with Crippen molar-refractivity contribution in [1.82, 2.24) is 9.97 Å². The van der Waals surface area contributed by atoms with Crippen molar-refractivity contribution in [3.63, 3.8) is 0 Å². The fourth-order valence-corrected chi connectivity index (χ4v) is 3.62. The molecule has 11 heteroatoms. The van der Waals surface area contributed by atoms with Crippen LogP contribution in [0.5, 0.6) is 11.5 Å². The van der Waals surface area contributed by atoms with Gasteiger partial charge in [-0.25, -0.2) is 14.4 Å². The molecule has 0 saturated carbocycles. The lowest BCUT2D eigenvalue weighted by molar-refractivity contribution is -0.0583. The number of nitrogens with one attached hydrogen (secondary N) is 1. The summed E-state index contributed by atoms with van der Waals surface area (Å²) >= 11 is 0. The van der Waals surface area contributed by atoms with Crippen LogP contribution in [-0.2, 0) is 15.4 Å². The van der Waals surface area contributed by atoms with Gasteiger partial charge in [-0.1, -0.05) is 12.1 Å². The van der Waals surface area contributed by atoms with E-state index in [0.29, 0.717) is 53.9 Å². The van der Waals surface area contributed by atoms with Gasteiger partial charge in [0, 0.05) is 24.1 Å². The Morgan fingerprint density at radius 3 is 2.50 bits per heavy atom. The molecule has 0 aliphatic rings. The van der Waals surface area contributed by atoms with Crippen LogP contribution >= 0.6 is 0 Å². The van der Waals surface area contributed by atoms with Crippen molar-refractivity contribution in [2.24, 2.45) is 0 Å². The molecule has 2 aromatic carbocycles. The molecule has 0 fully saturated rings. The molecule has 8 nitrogen and oxygen atoms in total. The van der Waals surface area contributed by atoms with Gasteiger partial charge in [0.1, 0.15) is 30.7 Å². The Bertz CT molecular complexity index is 1180. The number of hydrogen-bond acceptors (Lipinski definition) is 8. The third-order valence-electron chi connectivity index (χ3n) is 5.45. The van der Waals surface area contributed by atoms with E-state index in [1.54, 1.807) is 33.1 Å². The topological polar surface area (TPSA) is 95.0 Å². The molecule has 0 aliphatic carbocycles. The number of rotatable bonds is 13. The highest BCUT2D eigenvalue weighted by molar-refractivity contribution is 5.92. The molecule has 0 radical (unpaired) electrons. The highest BCUT2D eigenvalue weighted by atomic mass is 19.3. The van der Waals surface area contributed by atoms with Crippen molar-refractivity contribution in [3.05, 3.63) is 53.1 Å². The lowest BCUT2D eigenvalue weighted by Crippen LogP contribution is -2.22. The van der Waals surface area contributed by atoms with Gasteiger partial charge in [0.25, 0.3) is 5.92 Å². The van der Waals surface area contributed by atoms with E-state index in [4.69, 9.17) is 24.1 Å². The van der Waals surface area contributed by atoms with Crippen LogP contribution in [-0.4, -0.2) is 62.3 Å². The number of aliphatic hydroxyl groups excluding tert-OH is 1. The Morgan fingerprint density at radius 2 is 1.81 bits per heavy atom. The quantitative estimate of drug-likeness (QED) is 0.328. The number of alkyl halides is 2. The van der Waals surface area contributed by atoms with Gasteiger partial charge in [-0.15, -0.1) is 0 Å². The molecule has 3 aromatic rings. The van der Waals surface area contributed by atoms with Gasteiger partial charge >= 0.3 is 0 Å². The van der Waals surface area contributed by atoms with Crippen LogP contribution in [0.3, 0.4) is 0 Å². The van der Waals surface area contributed by atoms with Gasteiger partial charge in [0.05, 0.1) is 44.1 Å². The minimum Gasteiger partial charge on any atom is -0.493 e. The van der Waals surface area contributed by atoms with Crippen molar-refractivity contribution in [1.29, 1.82) is 0 Å². The third-order valence-corrected chi connectivity index (χ3v) is 5.45. The molecule has 36 heavy (non-hydrogen) atoms. The fraction of sp³-hybridized carbons (Fsp3) is 0.440. The second kappa shape index (κ2) is 12.2. The van der Waals surface area contributed by atoms with Crippen LogP contribution in [0.2, 0.25) is 0 Å². The number of nitrogens with zero attached hydrogens (tertiary/aromatic N) is 2. The zero-order valence-corrected chi connectivity index (χ0v) is 20.6. The molecular formula is C25H30F3N3O5. The van der Waals surface area contributed by atoms with Crippen LogP contribution in [0, 0.1) is 12.7 Å². The van der Waals surface area contributed by atoms with Gasteiger partial charge in [-0.05, 0) is 26.0 Å². The lowest BCUT2D eigenvalue weighted by atomic mass is 10.00. The first-order chi connectivity index (χ1) is 17.2. The van der Waals surface area contributed by atoms with Crippen molar-refractivity contribution in [2.75, 3.05) is 52.6 Å². The monoisotopic (exact) mass is 509 g/mol. The lowest BCUT2D eigenvalue weighted by Gasteiger charge is -2.21. The first-order valence-electron chi connectivity index (χ1n) is 11.3. The van der Waals surface area contributed by atoms with Gasteiger partial charge in [-0.3, -0.25) is 0 Å². The maximum atomic E-state index is 15.0. The SMILES string of the molecule is COCCOCCOc1cc2c(N[C@H](C)c3cccc(C(F)(F)CO)c3F)nc(C)nc2cc1OC. The summed E-state index contributed by atoms with van der Waals surface area (Å²) < 4.78 is 64.6. The number of aryl methyl sites for hydroxylation is 1. The van der Waals surface area contributed by atoms with E-state index in [2.05, 4.69) is 15.3 Å². The van der Waals surface area contributed by atoms with Crippen LogP contribution < -0.4 is 14.8 Å². The molecule has 0 saturated heterocycles. The number of halogens is 3. The molecule has 1 aromatic heterocycles. The summed E-state index contributed by atoms with van der Waals surface area (Å²) in [6.45, 7) is 3.35. The number of anilines is 1. The zero-order chi connectivity index (χ0) is 26.3. The van der Waals surface area contributed by atoms with Gasteiger partial charge in [0.15, 0.2) is 11.5 Å². The van der Waals surface area contributed by atoms with E-state index in [1.807, 2.05) is 0 Å². The molecule has 2 N–H and O–H groups in total. The van der Waals surface area contributed by atoms with E-state index in [1.165, 1.54) is 19.2 Å². The molecule has 0 unspecified atom stereocenters. The van der Waals surface area contributed by atoms with Gasteiger partial charge in [0.2, 0.25) is 0 Å². The Morgan fingerprint density at radius 1 is 1.06 bits per heavy atom. The van der Waals surface area contributed by atoms with Crippen LogP contribution in [0.15, 0.2) is 30.3 Å². The fourth-order valence-electron chi connectivity index (χ4n) is 3.62. The Labute approximate surface area is 207 Å². The van der Waals surface area contributed by atoms with Crippen LogP contribution in [0.1, 0.15) is 29.9 Å². The summed E-state index contributed by atoms with van der Waals surface area (Å²) in [7, 11) is 3.10. The Balaban J connectivity index is 1.91. The number of benzene rings is 2. The van der Waals surface area contributed by atoms with E-state index in [9.17, 15) is 13.2 Å². The molecule has 3 rings (SSSR count). The van der Waals surface area contributed by atoms with Crippen molar-refractivity contribution < 1.29 is 37.2 Å². The summed E-state index contributed by atoms with van der Waals surface area (Å²) in [5.74, 6) is -3.09. The highest BCUT2D eigenvalue weighted by Gasteiger charge is 2.35. The molecule has 0 amide bonds. The number of ether oxygens (including phenoxy) is 4. The standard InChI is InChI=1S/C25H30F3N3O5/c1-15(17-6-5-7-19(23(17)26)25(27,28)14-32)29-24-18-12-22(36-11-10-35-9-8-33-3)21(34-4)13-20(18)30-16(2)31-24/h5-7,12-13,15,32H,8-11,14H2,1-4H3,(H,29,30,31)/t15-/m1/s1.